The van der Waals surface area contributed by atoms with Crippen LogP contribution in [0.15, 0.2) is 0 Å². The first-order chi connectivity index (χ1) is 5.31. The summed E-state index contributed by atoms with van der Waals surface area (Å²) in [7, 11) is 0. The number of amides is 1. The summed E-state index contributed by atoms with van der Waals surface area (Å²) in [4.78, 5) is 10.6. The second-order valence-corrected chi connectivity index (χ2v) is 3.36. The van der Waals surface area contributed by atoms with E-state index in [0.29, 0.717) is 6.61 Å². The van der Waals surface area contributed by atoms with Gasteiger partial charge >= 0.3 is 6.09 Å². The first kappa shape index (κ1) is 6.91. The molecule has 2 aliphatic heterocycles. The molecule has 1 amide bonds. The van der Waals surface area contributed by atoms with Crippen molar-refractivity contribution < 1.29 is 9.53 Å². The monoisotopic (exact) mass is 156 g/mol. The lowest BCUT2D eigenvalue weighted by Crippen LogP contribution is -2.48. The van der Waals surface area contributed by atoms with Gasteiger partial charge in [-0.2, -0.15) is 0 Å². The van der Waals surface area contributed by atoms with Crippen LogP contribution in [-0.2, 0) is 4.74 Å². The molecule has 2 saturated heterocycles. The van der Waals surface area contributed by atoms with E-state index in [0.717, 1.165) is 26.1 Å². The van der Waals surface area contributed by atoms with Crippen molar-refractivity contribution in [2.24, 2.45) is 5.41 Å². The Labute approximate surface area is 65.3 Å². The highest BCUT2D eigenvalue weighted by atomic mass is 16.6. The maximum absolute atomic E-state index is 10.6. The molecule has 4 heteroatoms. The van der Waals surface area contributed by atoms with Gasteiger partial charge in [0.1, 0.15) is 6.61 Å². The van der Waals surface area contributed by atoms with Gasteiger partial charge in [-0.05, 0) is 13.0 Å². The number of ether oxygens (including phenoxy) is 1. The fourth-order valence-corrected chi connectivity index (χ4v) is 1.65. The van der Waals surface area contributed by atoms with Crippen molar-refractivity contribution in [1.82, 2.24) is 10.6 Å². The van der Waals surface area contributed by atoms with Gasteiger partial charge in [0.05, 0.1) is 0 Å². The first-order valence-electron chi connectivity index (χ1n) is 3.92. The van der Waals surface area contributed by atoms with Crippen molar-refractivity contribution in [2.45, 2.75) is 6.42 Å². The summed E-state index contributed by atoms with van der Waals surface area (Å²) in [5.41, 5.74) is 0.188. The molecule has 11 heavy (non-hydrogen) atoms. The summed E-state index contributed by atoms with van der Waals surface area (Å²) in [6, 6.07) is 0. The smallest absolute Gasteiger partial charge is 0.407 e. The van der Waals surface area contributed by atoms with Gasteiger partial charge in [-0.25, -0.2) is 4.79 Å². The van der Waals surface area contributed by atoms with Gasteiger partial charge in [0.2, 0.25) is 0 Å². The number of carbonyl (C=O) groups is 1. The molecule has 0 aromatic heterocycles. The third-order valence-electron chi connectivity index (χ3n) is 2.45. The van der Waals surface area contributed by atoms with E-state index in [1.54, 1.807) is 0 Å². The van der Waals surface area contributed by atoms with Crippen LogP contribution in [0.3, 0.4) is 0 Å². The third kappa shape index (κ3) is 1.18. The Morgan fingerprint density at radius 2 is 2.36 bits per heavy atom. The van der Waals surface area contributed by atoms with Gasteiger partial charge in [-0.3, -0.25) is 0 Å². The minimum Gasteiger partial charge on any atom is -0.449 e. The minimum absolute atomic E-state index is 0.188. The first-order valence-corrected chi connectivity index (χ1v) is 3.92. The molecule has 2 aliphatic rings. The average molecular weight is 156 g/mol. The van der Waals surface area contributed by atoms with Crippen LogP contribution < -0.4 is 10.6 Å². The predicted molar refractivity (Wildman–Crippen MR) is 39.3 cm³/mol. The zero-order valence-corrected chi connectivity index (χ0v) is 6.35. The standard InChI is InChI=1S/C7H12N2O2/c10-6-9-4-7(5-11-6)1-2-8-3-7/h8H,1-5H2,(H,9,10). The number of hydrogen-bond acceptors (Lipinski definition) is 3. The Kier molecular flexibility index (Phi) is 1.49. The topological polar surface area (TPSA) is 50.4 Å². The van der Waals surface area contributed by atoms with Crippen LogP contribution in [0.25, 0.3) is 0 Å². The zero-order chi connectivity index (χ0) is 7.73. The fourth-order valence-electron chi connectivity index (χ4n) is 1.65. The van der Waals surface area contributed by atoms with E-state index < -0.39 is 0 Å². The fraction of sp³-hybridized carbons (Fsp3) is 0.857. The summed E-state index contributed by atoms with van der Waals surface area (Å²) < 4.78 is 4.93. The van der Waals surface area contributed by atoms with Crippen molar-refractivity contribution in [3.63, 3.8) is 0 Å². The van der Waals surface area contributed by atoms with Gasteiger partial charge < -0.3 is 15.4 Å². The minimum atomic E-state index is -0.275. The van der Waals surface area contributed by atoms with E-state index in [-0.39, 0.29) is 11.5 Å². The number of nitrogens with one attached hydrogen (secondary N) is 2. The second-order valence-electron chi connectivity index (χ2n) is 3.36. The highest BCUT2D eigenvalue weighted by molar-refractivity contribution is 5.68. The van der Waals surface area contributed by atoms with Gasteiger partial charge in [-0.15, -0.1) is 0 Å². The van der Waals surface area contributed by atoms with Gasteiger partial charge in [0, 0.05) is 18.5 Å². The molecule has 0 bridgehead atoms. The molecule has 2 heterocycles. The summed E-state index contributed by atoms with van der Waals surface area (Å²) in [6.45, 7) is 3.34. The van der Waals surface area contributed by atoms with Crippen LogP contribution in [0.4, 0.5) is 4.79 Å². The van der Waals surface area contributed by atoms with E-state index in [2.05, 4.69) is 10.6 Å². The molecule has 2 N–H and O–H groups in total. The molecule has 1 spiro atoms. The van der Waals surface area contributed by atoms with Crippen LogP contribution in [0.1, 0.15) is 6.42 Å². The number of hydrogen-bond donors (Lipinski definition) is 2. The number of alkyl carbamates (subject to hydrolysis) is 1. The van der Waals surface area contributed by atoms with Gasteiger partial charge in [0.25, 0.3) is 0 Å². The summed E-state index contributed by atoms with van der Waals surface area (Å²) in [5.74, 6) is 0. The van der Waals surface area contributed by atoms with E-state index in [1.807, 2.05) is 0 Å². The second kappa shape index (κ2) is 2.37. The largest absolute Gasteiger partial charge is 0.449 e. The summed E-state index contributed by atoms with van der Waals surface area (Å²) in [6.07, 6.45) is 0.829. The van der Waals surface area contributed by atoms with Gasteiger partial charge in [0.15, 0.2) is 0 Å². The van der Waals surface area contributed by atoms with Crippen molar-refractivity contribution in [3.8, 4) is 0 Å². The predicted octanol–water partition coefficient (Wildman–Crippen LogP) is -0.294. The lowest BCUT2D eigenvalue weighted by atomic mass is 9.87. The molecule has 62 valence electrons. The van der Waals surface area contributed by atoms with E-state index in [1.165, 1.54) is 0 Å². The molecule has 0 saturated carbocycles. The van der Waals surface area contributed by atoms with E-state index >= 15 is 0 Å². The molecule has 2 fully saturated rings. The SMILES string of the molecule is O=C1NCC2(CCNC2)CO1. The van der Waals surface area contributed by atoms with Crippen LogP contribution in [0.2, 0.25) is 0 Å². The Balaban J connectivity index is 1.99. The van der Waals surface area contributed by atoms with E-state index in [4.69, 9.17) is 4.74 Å². The molecule has 0 radical (unpaired) electrons. The van der Waals surface area contributed by atoms with Crippen molar-refractivity contribution >= 4 is 6.09 Å². The Morgan fingerprint density at radius 1 is 1.45 bits per heavy atom. The van der Waals surface area contributed by atoms with Crippen LogP contribution in [-0.4, -0.2) is 32.3 Å². The molecule has 0 aliphatic carbocycles. The summed E-state index contributed by atoms with van der Waals surface area (Å²) in [5, 5.41) is 5.98. The average Bonchev–Trinajstić information content (AvgIpc) is 2.45. The van der Waals surface area contributed by atoms with E-state index in [9.17, 15) is 4.79 Å². The molecule has 0 aromatic rings. The quantitative estimate of drug-likeness (QED) is 0.506. The molecular formula is C7H12N2O2. The third-order valence-corrected chi connectivity index (χ3v) is 2.45. The molecule has 1 atom stereocenters. The van der Waals surface area contributed by atoms with Crippen LogP contribution in [0, 0.1) is 5.41 Å². The lowest BCUT2D eigenvalue weighted by Gasteiger charge is -2.31. The van der Waals surface area contributed by atoms with Crippen molar-refractivity contribution in [3.05, 3.63) is 0 Å². The molecular weight excluding hydrogens is 144 g/mol. The molecule has 4 nitrogen and oxygen atoms in total. The summed E-state index contributed by atoms with van der Waals surface area (Å²) >= 11 is 0. The Bertz CT molecular complexity index is 163. The van der Waals surface area contributed by atoms with Crippen LogP contribution >= 0.6 is 0 Å². The van der Waals surface area contributed by atoms with Crippen molar-refractivity contribution in [2.75, 3.05) is 26.2 Å². The number of cyclic esters (lactones) is 1. The highest BCUT2D eigenvalue weighted by Crippen LogP contribution is 2.26. The lowest BCUT2D eigenvalue weighted by molar-refractivity contribution is 0.0606. The Morgan fingerprint density at radius 3 is 2.91 bits per heavy atom. The van der Waals surface area contributed by atoms with Gasteiger partial charge in [-0.1, -0.05) is 0 Å². The maximum atomic E-state index is 10.6. The van der Waals surface area contributed by atoms with Crippen LogP contribution in [0.5, 0.6) is 0 Å². The molecule has 2 rings (SSSR count). The maximum Gasteiger partial charge on any atom is 0.407 e. The normalized spacial score (nSPS) is 36.9. The highest BCUT2D eigenvalue weighted by Gasteiger charge is 2.38. The number of rotatable bonds is 0. The Hall–Kier alpha value is -0.770. The van der Waals surface area contributed by atoms with Crippen molar-refractivity contribution in [1.29, 1.82) is 0 Å². The molecule has 1 unspecified atom stereocenters. The molecule has 0 aromatic carbocycles. The number of carbonyl (C=O) groups excluding carboxylic acids is 1. The zero-order valence-electron chi connectivity index (χ0n) is 6.35.